The molecule has 0 aliphatic heterocycles. The van der Waals surface area contributed by atoms with Crippen LogP contribution in [0.1, 0.15) is 28.0 Å². The predicted molar refractivity (Wildman–Crippen MR) is 115 cm³/mol. The number of ether oxygens (including phenoxy) is 1. The fraction of sp³-hybridized carbons (Fsp3) is 0.136. The van der Waals surface area contributed by atoms with Crippen LogP contribution in [0.25, 0.3) is 5.69 Å². The number of alkyl halides is 2. The van der Waals surface area contributed by atoms with Gasteiger partial charge in [-0.05, 0) is 30.3 Å². The van der Waals surface area contributed by atoms with Gasteiger partial charge >= 0.3 is 0 Å². The smallest absolute Gasteiger partial charge is 0.282 e. The highest BCUT2D eigenvalue weighted by Gasteiger charge is 2.23. The highest BCUT2D eigenvalue weighted by Crippen LogP contribution is 2.24. The van der Waals surface area contributed by atoms with E-state index in [9.17, 15) is 13.6 Å². The SMILES string of the molecule is Cn1cc(C(=O)Nc2ccccc2COc2ccn(-c3ccc(Cl)cc3)n2)c(C(F)F)n1. The molecular formula is C22H18ClF2N5O2. The third-order valence-corrected chi connectivity index (χ3v) is 4.86. The van der Waals surface area contributed by atoms with E-state index in [4.69, 9.17) is 16.3 Å². The summed E-state index contributed by atoms with van der Waals surface area (Å²) in [6.07, 6.45) is 0.158. The second-order valence-electron chi connectivity index (χ2n) is 6.88. The molecule has 0 fully saturated rings. The molecule has 2 aromatic heterocycles. The maximum atomic E-state index is 13.2. The van der Waals surface area contributed by atoms with Crippen molar-refractivity contribution in [2.45, 2.75) is 13.0 Å². The number of halogens is 3. The zero-order chi connectivity index (χ0) is 22.7. The summed E-state index contributed by atoms with van der Waals surface area (Å²) in [5, 5.41) is 11.3. The van der Waals surface area contributed by atoms with E-state index < -0.39 is 18.0 Å². The number of para-hydroxylation sites is 1. The first-order valence-electron chi connectivity index (χ1n) is 9.56. The van der Waals surface area contributed by atoms with E-state index in [-0.39, 0.29) is 12.2 Å². The van der Waals surface area contributed by atoms with Gasteiger partial charge < -0.3 is 10.1 Å². The molecule has 4 rings (SSSR count). The van der Waals surface area contributed by atoms with Crippen LogP contribution in [0, 0.1) is 0 Å². The van der Waals surface area contributed by atoms with E-state index in [1.807, 2.05) is 12.1 Å². The summed E-state index contributed by atoms with van der Waals surface area (Å²) in [6.45, 7) is 0.114. The number of nitrogens with one attached hydrogen (secondary N) is 1. The Bertz CT molecular complexity index is 1240. The molecule has 10 heteroatoms. The fourth-order valence-corrected chi connectivity index (χ4v) is 3.20. The molecule has 0 aliphatic carbocycles. The zero-order valence-corrected chi connectivity index (χ0v) is 17.6. The van der Waals surface area contributed by atoms with E-state index in [2.05, 4.69) is 15.5 Å². The Kier molecular flexibility index (Phi) is 6.18. The Balaban J connectivity index is 1.46. The molecule has 1 N–H and O–H groups in total. The number of aromatic nitrogens is 4. The lowest BCUT2D eigenvalue weighted by atomic mass is 10.1. The summed E-state index contributed by atoms with van der Waals surface area (Å²) >= 11 is 5.91. The van der Waals surface area contributed by atoms with Gasteiger partial charge in [-0.1, -0.05) is 29.8 Å². The molecule has 1 amide bonds. The molecule has 0 saturated carbocycles. The zero-order valence-electron chi connectivity index (χ0n) is 16.9. The molecule has 0 aliphatic rings. The topological polar surface area (TPSA) is 74.0 Å². The number of hydrogen-bond donors (Lipinski definition) is 1. The predicted octanol–water partition coefficient (Wildman–Crippen LogP) is 5.03. The van der Waals surface area contributed by atoms with Crippen LogP contribution >= 0.6 is 11.6 Å². The van der Waals surface area contributed by atoms with Crippen molar-refractivity contribution in [1.82, 2.24) is 19.6 Å². The molecule has 164 valence electrons. The lowest BCUT2D eigenvalue weighted by molar-refractivity contribution is 0.101. The Hall–Kier alpha value is -3.72. The summed E-state index contributed by atoms with van der Waals surface area (Å²) in [7, 11) is 1.48. The molecule has 0 atom stereocenters. The number of aryl methyl sites for hydroxylation is 1. The van der Waals surface area contributed by atoms with Gasteiger partial charge in [-0.25, -0.2) is 13.5 Å². The van der Waals surface area contributed by atoms with Gasteiger partial charge in [-0.2, -0.15) is 5.10 Å². The third-order valence-electron chi connectivity index (χ3n) is 4.61. The highest BCUT2D eigenvalue weighted by molar-refractivity contribution is 6.30. The van der Waals surface area contributed by atoms with Gasteiger partial charge in [0.25, 0.3) is 12.3 Å². The van der Waals surface area contributed by atoms with E-state index in [0.29, 0.717) is 22.2 Å². The lowest BCUT2D eigenvalue weighted by Crippen LogP contribution is -2.15. The standard InChI is InChI=1S/C22H18ClF2N5O2/c1-29-12-17(20(28-29)21(24)25)22(31)26-18-5-3-2-4-14(18)13-32-19-10-11-30(27-19)16-8-6-15(23)7-9-16/h2-12,21H,13H2,1H3,(H,26,31). The van der Waals surface area contributed by atoms with Crippen molar-refractivity contribution in [3.63, 3.8) is 0 Å². The first kappa shape index (κ1) is 21.5. The van der Waals surface area contributed by atoms with Crippen molar-refractivity contribution < 1.29 is 18.3 Å². The van der Waals surface area contributed by atoms with Crippen LogP contribution in [0.4, 0.5) is 14.5 Å². The molecule has 0 radical (unpaired) electrons. The molecule has 0 spiro atoms. The van der Waals surface area contributed by atoms with Crippen molar-refractivity contribution in [2.24, 2.45) is 7.05 Å². The molecule has 32 heavy (non-hydrogen) atoms. The van der Waals surface area contributed by atoms with Gasteiger partial charge in [-0.3, -0.25) is 9.48 Å². The summed E-state index contributed by atoms with van der Waals surface area (Å²) in [4.78, 5) is 12.6. The van der Waals surface area contributed by atoms with Gasteiger partial charge in [0, 0.05) is 41.8 Å². The Morgan fingerprint density at radius 1 is 1.12 bits per heavy atom. The quantitative estimate of drug-likeness (QED) is 0.422. The number of nitrogens with zero attached hydrogens (tertiary/aromatic N) is 4. The summed E-state index contributed by atoms with van der Waals surface area (Å²) in [5.74, 6) is -0.291. The van der Waals surface area contributed by atoms with Gasteiger partial charge in [0.1, 0.15) is 12.3 Å². The molecule has 0 saturated heterocycles. The maximum Gasteiger partial charge on any atom is 0.282 e. The summed E-state index contributed by atoms with van der Waals surface area (Å²) in [6, 6.07) is 15.8. The van der Waals surface area contributed by atoms with E-state index >= 15 is 0 Å². The van der Waals surface area contributed by atoms with E-state index in [0.717, 1.165) is 5.69 Å². The summed E-state index contributed by atoms with van der Waals surface area (Å²) in [5.41, 5.74) is 1.18. The van der Waals surface area contributed by atoms with Crippen LogP contribution in [0.3, 0.4) is 0 Å². The fourth-order valence-electron chi connectivity index (χ4n) is 3.07. The van der Waals surface area contributed by atoms with E-state index in [1.54, 1.807) is 53.3 Å². The minimum absolute atomic E-state index is 0.114. The summed E-state index contributed by atoms with van der Waals surface area (Å²) < 4.78 is 35.0. The molecule has 2 heterocycles. The molecule has 2 aromatic carbocycles. The van der Waals surface area contributed by atoms with Crippen LogP contribution in [0.2, 0.25) is 5.02 Å². The average molecular weight is 458 g/mol. The number of benzene rings is 2. The van der Waals surface area contributed by atoms with Crippen LogP contribution in [0.5, 0.6) is 5.88 Å². The first-order chi connectivity index (χ1) is 15.4. The van der Waals surface area contributed by atoms with Crippen molar-refractivity contribution in [1.29, 1.82) is 0 Å². The van der Waals surface area contributed by atoms with Crippen molar-refractivity contribution in [3.8, 4) is 11.6 Å². The van der Waals surface area contributed by atoms with Gasteiger partial charge in [0.2, 0.25) is 5.88 Å². The number of rotatable bonds is 7. The van der Waals surface area contributed by atoms with Crippen molar-refractivity contribution >= 4 is 23.2 Å². The Morgan fingerprint density at radius 3 is 2.62 bits per heavy atom. The van der Waals surface area contributed by atoms with Crippen LogP contribution in [-0.2, 0) is 13.7 Å². The second kappa shape index (κ2) is 9.19. The third kappa shape index (κ3) is 4.78. The molecule has 0 bridgehead atoms. The van der Waals surface area contributed by atoms with Crippen LogP contribution in [0.15, 0.2) is 67.0 Å². The van der Waals surface area contributed by atoms with Crippen molar-refractivity contribution in [3.05, 3.63) is 88.8 Å². The first-order valence-corrected chi connectivity index (χ1v) is 9.94. The minimum Gasteiger partial charge on any atom is -0.472 e. The van der Waals surface area contributed by atoms with E-state index in [1.165, 1.54) is 17.9 Å². The normalized spacial score (nSPS) is 11.0. The molecule has 4 aromatic rings. The number of amides is 1. The molecular weight excluding hydrogens is 440 g/mol. The number of anilines is 1. The number of carbonyl (C=O) groups is 1. The Morgan fingerprint density at radius 2 is 1.88 bits per heavy atom. The van der Waals surface area contributed by atoms with Crippen LogP contribution < -0.4 is 10.1 Å². The number of hydrogen-bond acceptors (Lipinski definition) is 4. The van der Waals surface area contributed by atoms with Gasteiger partial charge in [0.05, 0.1) is 11.3 Å². The van der Waals surface area contributed by atoms with Crippen molar-refractivity contribution in [2.75, 3.05) is 5.32 Å². The highest BCUT2D eigenvalue weighted by atomic mass is 35.5. The van der Waals surface area contributed by atoms with Gasteiger partial charge in [-0.15, -0.1) is 5.10 Å². The minimum atomic E-state index is -2.86. The Labute approximate surface area is 187 Å². The average Bonchev–Trinajstić information content (AvgIpc) is 3.40. The van der Waals surface area contributed by atoms with Gasteiger partial charge in [0.15, 0.2) is 0 Å². The lowest BCUT2D eigenvalue weighted by Gasteiger charge is -2.11. The maximum absolute atomic E-state index is 13.2. The number of carbonyl (C=O) groups excluding carboxylic acids is 1. The monoisotopic (exact) mass is 457 g/mol. The second-order valence-corrected chi connectivity index (χ2v) is 7.31. The largest absolute Gasteiger partial charge is 0.472 e. The van der Waals surface area contributed by atoms with Crippen LogP contribution in [-0.4, -0.2) is 25.5 Å². The molecule has 0 unspecified atom stereocenters. The molecule has 7 nitrogen and oxygen atoms in total.